The van der Waals surface area contributed by atoms with Gasteiger partial charge in [-0.25, -0.2) is 0 Å². The SMILES string of the molecule is COc1cc2cc(CNc3ccc(C)cc3)c(=O)n(CC(=O)Nc3ccccc3)c2cc1OC. The molecule has 2 N–H and O–H groups in total. The number of aromatic nitrogens is 1. The van der Waals surface area contributed by atoms with Gasteiger partial charge < -0.3 is 20.1 Å². The van der Waals surface area contributed by atoms with Crippen LogP contribution in [0.15, 0.2) is 77.6 Å². The molecule has 0 aliphatic carbocycles. The fourth-order valence-electron chi connectivity index (χ4n) is 3.78. The third kappa shape index (κ3) is 5.04. The van der Waals surface area contributed by atoms with Gasteiger partial charge in [0.05, 0.1) is 19.7 Å². The number of ether oxygens (including phenoxy) is 2. The van der Waals surface area contributed by atoms with Gasteiger partial charge in [0.15, 0.2) is 11.5 Å². The normalized spacial score (nSPS) is 10.7. The number of nitrogens with one attached hydrogen (secondary N) is 2. The summed E-state index contributed by atoms with van der Waals surface area (Å²) in [5, 5.41) is 6.91. The van der Waals surface area contributed by atoms with E-state index in [2.05, 4.69) is 10.6 Å². The van der Waals surface area contributed by atoms with E-state index in [-0.39, 0.29) is 18.0 Å². The first kappa shape index (κ1) is 22.9. The number of hydrogen-bond donors (Lipinski definition) is 2. The molecule has 1 aromatic heterocycles. The van der Waals surface area contributed by atoms with Gasteiger partial charge in [-0.05, 0) is 43.3 Å². The van der Waals surface area contributed by atoms with Gasteiger partial charge in [-0.2, -0.15) is 0 Å². The van der Waals surface area contributed by atoms with Crippen molar-refractivity contribution in [3.05, 3.63) is 94.3 Å². The molecule has 0 spiro atoms. The zero-order valence-corrected chi connectivity index (χ0v) is 19.4. The first-order chi connectivity index (χ1) is 16.5. The lowest BCUT2D eigenvalue weighted by Gasteiger charge is -2.16. The Morgan fingerprint density at radius 3 is 2.24 bits per heavy atom. The molecule has 7 nitrogen and oxygen atoms in total. The van der Waals surface area contributed by atoms with Crippen LogP contribution in [0.4, 0.5) is 11.4 Å². The molecule has 0 saturated heterocycles. The Balaban J connectivity index is 1.73. The van der Waals surface area contributed by atoms with E-state index in [9.17, 15) is 9.59 Å². The summed E-state index contributed by atoms with van der Waals surface area (Å²) >= 11 is 0. The molecule has 3 aromatic carbocycles. The lowest BCUT2D eigenvalue weighted by atomic mass is 10.1. The molecule has 4 rings (SSSR count). The van der Waals surface area contributed by atoms with Crippen molar-refractivity contribution in [1.82, 2.24) is 4.57 Å². The number of benzene rings is 3. The smallest absolute Gasteiger partial charge is 0.256 e. The summed E-state index contributed by atoms with van der Waals surface area (Å²) in [5.74, 6) is 0.733. The van der Waals surface area contributed by atoms with Gasteiger partial charge in [0.2, 0.25) is 5.91 Å². The molecule has 0 fully saturated rings. The van der Waals surface area contributed by atoms with Crippen LogP contribution < -0.4 is 25.7 Å². The van der Waals surface area contributed by atoms with Crippen LogP contribution in [0.25, 0.3) is 10.9 Å². The summed E-state index contributed by atoms with van der Waals surface area (Å²) in [6.07, 6.45) is 0. The molecule has 0 atom stereocenters. The monoisotopic (exact) mass is 457 g/mol. The van der Waals surface area contributed by atoms with Crippen LogP contribution in [0.1, 0.15) is 11.1 Å². The Kier molecular flexibility index (Phi) is 6.82. The van der Waals surface area contributed by atoms with Crippen molar-refractivity contribution >= 4 is 28.2 Å². The molecule has 0 bridgehead atoms. The molecule has 174 valence electrons. The first-order valence-electron chi connectivity index (χ1n) is 10.9. The highest BCUT2D eigenvalue weighted by Gasteiger charge is 2.16. The molecule has 1 heterocycles. The third-order valence-corrected chi connectivity index (χ3v) is 5.57. The number of amides is 1. The summed E-state index contributed by atoms with van der Waals surface area (Å²) in [6, 6.07) is 22.5. The van der Waals surface area contributed by atoms with Crippen LogP contribution in [-0.2, 0) is 17.9 Å². The molecular weight excluding hydrogens is 430 g/mol. The minimum absolute atomic E-state index is 0.141. The van der Waals surface area contributed by atoms with Gasteiger partial charge in [-0.15, -0.1) is 0 Å². The van der Waals surface area contributed by atoms with Gasteiger partial charge in [0.1, 0.15) is 6.54 Å². The number of rotatable bonds is 8. The minimum atomic E-state index is -0.298. The standard InChI is InChI=1S/C27H27N3O4/c1-18-9-11-21(12-10-18)28-16-20-13-19-14-24(33-2)25(34-3)15-23(19)30(27(20)32)17-26(31)29-22-7-5-4-6-8-22/h4-15,28H,16-17H2,1-3H3,(H,29,31). The molecule has 1 amide bonds. The highest BCUT2D eigenvalue weighted by molar-refractivity contribution is 5.92. The highest BCUT2D eigenvalue weighted by atomic mass is 16.5. The number of fused-ring (bicyclic) bond motifs is 1. The van der Waals surface area contributed by atoms with Gasteiger partial charge >= 0.3 is 0 Å². The summed E-state index contributed by atoms with van der Waals surface area (Å²) in [5.41, 5.74) is 3.61. The van der Waals surface area contributed by atoms with Gasteiger partial charge in [-0.3, -0.25) is 14.2 Å². The van der Waals surface area contributed by atoms with E-state index in [4.69, 9.17) is 9.47 Å². The number of carbonyl (C=O) groups excluding carboxylic acids is 1. The number of anilines is 2. The number of nitrogens with zero attached hydrogens (tertiary/aromatic N) is 1. The summed E-state index contributed by atoms with van der Waals surface area (Å²) in [7, 11) is 3.10. The van der Waals surface area contributed by atoms with Crippen molar-refractivity contribution in [2.75, 3.05) is 24.9 Å². The maximum absolute atomic E-state index is 13.5. The zero-order chi connectivity index (χ0) is 24.1. The predicted octanol–water partition coefficient (Wildman–Crippen LogP) is 4.58. The molecule has 4 aromatic rings. The van der Waals surface area contributed by atoms with Crippen LogP contribution in [0.3, 0.4) is 0 Å². The van der Waals surface area contributed by atoms with Crippen LogP contribution >= 0.6 is 0 Å². The second kappa shape index (κ2) is 10.1. The molecule has 0 aliphatic heterocycles. The quantitative estimate of drug-likeness (QED) is 0.405. The Morgan fingerprint density at radius 2 is 1.56 bits per heavy atom. The van der Waals surface area contributed by atoms with Crippen molar-refractivity contribution in [3.63, 3.8) is 0 Å². The van der Waals surface area contributed by atoms with Crippen molar-refractivity contribution in [3.8, 4) is 11.5 Å². The number of methoxy groups -OCH3 is 2. The van der Waals surface area contributed by atoms with E-state index >= 15 is 0 Å². The Bertz CT molecular complexity index is 1360. The summed E-state index contributed by atoms with van der Waals surface area (Å²) in [4.78, 5) is 26.3. The lowest BCUT2D eigenvalue weighted by Crippen LogP contribution is -2.30. The van der Waals surface area contributed by atoms with Gasteiger partial charge in [-0.1, -0.05) is 35.9 Å². The zero-order valence-electron chi connectivity index (χ0n) is 19.4. The molecular formula is C27H27N3O4. The minimum Gasteiger partial charge on any atom is -0.493 e. The Hall–Kier alpha value is -4.26. The third-order valence-electron chi connectivity index (χ3n) is 5.57. The summed E-state index contributed by atoms with van der Waals surface area (Å²) < 4.78 is 12.4. The average molecular weight is 458 g/mol. The van der Waals surface area contributed by atoms with Gasteiger partial charge in [0.25, 0.3) is 5.56 Å². The largest absolute Gasteiger partial charge is 0.493 e. The second-order valence-electron chi connectivity index (χ2n) is 7.96. The summed E-state index contributed by atoms with van der Waals surface area (Å²) in [6.45, 7) is 2.19. The van der Waals surface area contributed by atoms with Crippen molar-refractivity contribution in [2.24, 2.45) is 0 Å². The molecule has 0 radical (unpaired) electrons. The second-order valence-corrected chi connectivity index (χ2v) is 7.96. The molecule has 0 unspecified atom stereocenters. The van der Waals surface area contributed by atoms with Crippen molar-refractivity contribution < 1.29 is 14.3 Å². The fraction of sp³-hybridized carbons (Fsp3) is 0.185. The lowest BCUT2D eigenvalue weighted by molar-refractivity contribution is -0.116. The van der Waals surface area contributed by atoms with E-state index in [1.807, 2.05) is 61.5 Å². The highest BCUT2D eigenvalue weighted by Crippen LogP contribution is 2.32. The van der Waals surface area contributed by atoms with Crippen molar-refractivity contribution in [2.45, 2.75) is 20.0 Å². The van der Waals surface area contributed by atoms with E-state index in [0.29, 0.717) is 34.8 Å². The molecule has 34 heavy (non-hydrogen) atoms. The number of carbonyl (C=O) groups is 1. The number of pyridine rings is 1. The van der Waals surface area contributed by atoms with Crippen LogP contribution in [0.2, 0.25) is 0 Å². The van der Waals surface area contributed by atoms with E-state index in [1.54, 1.807) is 25.3 Å². The topological polar surface area (TPSA) is 81.6 Å². The van der Waals surface area contributed by atoms with E-state index in [0.717, 1.165) is 16.6 Å². The Labute approximate surface area is 197 Å². The molecule has 0 saturated carbocycles. The fourth-order valence-corrected chi connectivity index (χ4v) is 3.78. The van der Waals surface area contributed by atoms with Crippen LogP contribution in [-0.4, -0.2) is 24.7 Å². The Morgan fingerprint density at radius 1 is 0.882 bits per heavy atom. The van der Waals surface area contributed by atoms with E-state index in [1.165, 1.54) is 11.7 Å². The maximum atomic E-state index is 13.5. The van der Waals surface area contributed by atoms with Crippen molar-refractivity contribution in [1.29, 1.82) is 0 Å². The maximum Gasteiger partial charge on any atom is 0.256 e. The first-order valence-corrected chi connectivity index (χ1v) is 10.9. The van der Waals surface area contributed by atoms with Gasteiger partial charge in [0, 0.05) is 34.9 Å². The van der Waals surface area contributed by atoms with Crippen LogP contribution in [0.5, 0.6) is 11.5 Å². The molecule has 0 aliphatic rings. The molecule has 7 heteroatoms. The predicted molar refractivity (Wildman–Crippen MR) is 135 cm³/mol. The van der Waals surface area contributed by atoms with Crippen LogP contribution in [0, 0.1) is 6.92 Å². The number of para-hydroxylation sites is 1. The average Bonchev–Trinajstić information content (AvgIpc) is 2.85. The number of hydrogen-bond acceptors (Lipinski definition) is 5. The van der Waals surface area contributed by atoms with E-state index < -0.39 is 0 Å². The number of aryl methyl sites for hydroxylation is 1.